The molecule has 4 aromatic heterocycles. The number of pyridine rings is 2. The second kappa shape index (κ2) is 11.5. The van der Waals surface area contributed by atoms with Crippen LogP contribution in [0.3, 0.4) is 0 Å². The van der Waals surface area contributed by atoms with Crippen LogP contribution in [-0.2, 0) is 24.5 Å². The molecule has 0 aliphatic rings. The molecule has 2 N–H and O–H groups in total. The second-order valence-corrected chi connectivity index (χ2v) is 12.7. The fourth-order valence-corrected chi connectivity index (χ4v) is 6.20. The van der Waals surface area contributed by atoms with Gasteiger partial charge in [0, 0.05) is 26.5 Å². The number of hydrogen-bond donors (Lipinski definition) is 1. The van der Waals surface area contributed by atoms with Crippen molar-refractivity contribution >= 4 is 28.2 Å². The zero-order valence-corrected chi connectivity index (χ0v) is 27.3. The lowest BCUT2D eigenvalue weighted by Crippen LogP contribution is -2.57. The van der Waals surface area contributed by atoms with E-state index in [2.05, 4.69) is 9.97 Å². The van der Waals surface area contributed by atoms with Crippen molar-refractivity contribution in [1.82, 2.24) is 34.0 Å². The number of fused-ring (bicyclic) bond motifs is 2. The molecule has 1 unspecified atom stereocenters. The number of halogens is 2. The van der Waals surface area contributed by atoms with E-state index in [0.29, 0.717) is 39.3 Å². The van der Waals surface area contributed by atoms with E-state index in [4.69, 9.17) is 20.4 Å². The van der Waals surface area contributed by atoms with E-state index in [0.717, 1.165) is 0 Å². The number of aromatic nitrogens is 6. The third-order valence-electron chi connectivity index (χ3n) is 8.15. The van der Waals surface area contributed by atoms with E-state index in [1.54, 1.807) is 119 Å². The molecule has 0 saturated carbocycles. The molecule has 2 aromatic carbocycles. The standard InChI is InChI=1S/C35H36F2N8O2/c1-20(31-41-25-16-14-21(36)27(29(25)43(31)6)23-12-8-10-18-39-23)45(33(46)47-34(2,3)4)35(5,38)32-42-26-17-15-22(37)28(30(26)44(32)7)24-13-9-11-19-40-24/h8-20H,38H2,1-7H3/t20-,35?/m0/s1. The van der Waals surface area contributed by atoms with Gasteiger partial charge in [-0.05, 0) is 83.1 Å². The molecule has 0 spiro atoms. The van der Waals surface area contributed by atoms with Crippen LogP contribution < -0.4 is 5.73 Å². The summed E-state index contributed by atoms with van der Waals surface area (Å²) in [6.45, 7) is 8.70. The Balaban J connectivity index is 1.54. The predicted octanol–water partition coefficient (Wildman–Crippen LogP) is 6.99. The molecule has 47 heavy (non-hydrogen) atoms. The molecule has 1 amide bonds. The minimum absolute atomic E-state index is 0.261. The molecule has 0 aliphatic heterocycles. The highest BCUT2D eigenvalue weighted by molar-refractivity contribution is 5.93. The maximum Gasteiger partial charge on any atom is 0.412 e. The van der Waals surface area contributed by atoms with E-state index in [1.807, 2.05) is 0 Å². The van der Waals surface area contributed by atoms with Crippen molar-refractivity contribution in [3.8, 4) is 22.5 Å². The number of benzene rings is 2. The Hall–Kier alpha value is -5.23. The van der Waals surface area contributed by atoms with Gasteiger partial charge in [-0.25, -0.2) is 23.5 Å². The highest BCUT2D eigenvalue weighted by Crippen LogP contribution is 2.39. The fraction of sp³-hybridized carbons (Fsp3) is 0.286. The largest absolute Gasteiger partial charge is 0.444 e. The van der Waals surface area contributed by atoms with Gasteiger partial charge in [0.1, 0.15) is 23.1 Å². The topological polar surface area (TPSA) is 117 Å². The maximum atomic E-state index is 15.4. The molecule has 12 heteroatoms. The molecule has 6 aromatic rings. The molecule has 0 radical (unpaired) electrons. The Morgan fingerprint density at radius 2 is 1.32 bits per heavy atom. The lowest BCUT2D eigenvalue weighted by atomic mass is 10.1. The predicted molar refractivity (Wildman–Crippen MR) is 176 cm³/mol. The van der Waals surface area contributed by atoms with Crippen molar-refractivity contribution in [2.45, 2.75) is 51.9 Å². The first kappa shape index (κ1) is 31.7. The molecule has 2 atom stereocenters. The van der Waals surface area contributed by atoms with Crippen LogP contribution in [0.15, 0.2) is 73.1 Å². The van der Waals surface area contributed by atoms with Crippen molar-refractivity contribution in [3.05, 3.63) is 96.3 Å². The summed E-state index contributed by atoms with van der Waals surface area (Å²) in [6, 6.07) is 15.5. The molecule has 6 rings (SSSR count). The Bertz CT molecular complexity index is 2120. The molecule has 0 saturated heterocycles. The molecule has 10 nitrogen and oxygen atoms in total. The number of imidazole rings is 2. The van der Waals surface area contributed by atoms with Crippen LogP contribution in [0.5, 0.6) is 0 Å². The smallest absolute Gasteiger partial charge is 0.412 e. The van der Waals surface area contributed by atoms with E-state index in [9.17, 15) is 4.79 Å². The van der Waals surface area contributed by atoms with Crippen LogP contribution in [-0.4, -0.2) is 45.7 Å². The molecule has 0 fully saturated rings. The van der Waals surface area contributed by atoms with Gasteiger partial charge in [0.05, 0.1) is 50.6 Å². The minimum Gasteiger partial charge on any atom is -0.444 e. The monoisotopic (exact) mass is 638 g/mol. The Labute approximate surface area is 270 Å². The van der Waals surface area contributed by atoms with Gasteiger partial charge in [0.25, 0.3) is 0 Å². The number of amides is 1. The van der Waals surface area contributed by atoms with Crippen molar-refractivity contribution < 1.29 is 18.3 Å². The zero-order valence-electron chi connectivity index (χ0n) is 27.3. The number of carbonyl (C=O) groups excluding carboxylic acids is 1. The third kappa shape index (κ3) is 5.48. The van der Waals surface area contributed by atoms with Crippen LogP contribution in [0.2, 0.25) is 0 Å². The van der Waals surface area contributed by atoms with Gasteiger partial charge in [0.2, 0.25) is 0 Å². The zero-order chi connectivity index (χ0) is 33.8. The lowest BCUT2D eigenvalue weighted by Gasteiger charge is -2.41. The number of hydrogen-bond acceptors (Lipinski definition) is 7. The number of aryl methyl sites for hydroxylation is 2. The number of rotatable bonds is 6. The Kier molecular flexibility index (Phi) is 7.79. The molecule has 0 bridgehead atoms. The fourth-order valence-electron chi connectivity index (χ4n) is 6.20. The van der Waals surface area contributed by atoms with Gasteiger partial charge in [0.15, 0.2) is 11.5 Å². The van der Waals surface area contributed by atoms with Gasteiger partial charge in [-0.1, -0.05) is 12.1 Å². The quantitative estimate of drug-likeness (QED) is 0.195. The first-order chi connectivity index (χ1) is 22.2. The SMILES string of the molecule is C[C@@H](c1nc2ccc(F)c(-c3ccccn3)c2n1C)N(C(=O)OC(C)(C)C)C(C)(N)c1nc2ccc(F)c(-c3ccccn3)c2n1C. The summed E-state index contributed by atoms with van der Waals surface area (Å²) >= 11 is 0. The van der Waals surface area contributed by atoms with Crippen LogP contribution in [0.1, 0.15) is 52.3 Å². The third-order valence-corrected chi connectivity index (χ3v) is 8.15. The minimum atomic E-state index is -1.62. The van der Waals surface area contributed by atoms with Crippen molar-refractivity contribution in [3.63, 3.8) is 0 Å². The van der Waals surface area contributed by atoms with Gasteiger partial charge < -0.3 is 19.6 Å². The van der Waals surface area contributed by atoms with Gasteiger partial charge in [-0.3, -0.25) is 14.9 Å². The molecular weight excluding hydrogens is 602 g/mol. The normalized spacial score (nSPS) is 13.9. The summed E-state index contributed by atoms with van der Waals surface area (Å²) in [5, 5.41) is 0. The van der Waals surface area contributed by atoms with Crippen molar-refractivity contribution in [1.29, 1.82) is 0 Å². The molecule has 0 aliphatic carbocycles. The Morgan fingerprint density at radius 3 is 1.81 bits per heavy atom. The van der Waals surface area contributed by atoms with E-state index in [1.165, 1.54) is 17.0 Å². The maximum absolute atomic E-state index is 15.4. The van der Waals surface area contributed by atoms with E-state index < -0.39 is 35.0 Å². The molecular formula is C35H36F2N8O2. The number of nitrogens with two attached hydrogens (primary N) is 1. The number of carbonyl (C=O) groups is 1. The summed E-state index contributed by atoms with van der Waals surface area (Å²) in [4.78, 5) is 33.9. The summed E-state index contributed by atoms with van der Waals surface area (Å²) in [7, 11) is 3.47. The van der Waals surface area contributed by atoms with Gasteiger partial charge >= 0.3 is 6.09 Å². The van der Waals surface area contributed by atoms with Gasteiger partial charge in [-0.2, -0.15) is 0 Å². The Morgan fingerprint density at radius 1 is 0.809 bits per heavy atom. The van der Waals surface area contributed by atoms with E-state index in [-0.39, 0.29) is 17.0 Å². The van der Waals surface area contributed by atoms with Crippen LogP contribution in [0.25, 0.3) is 44.6 Å². The summed E-state index contributed by atoms with van der Waals surface area (Å²) < 4.78 is 40.1. The first-order valence-electron chi connectivity index (χ1n) is 15.1. The van der Waals surface area contributed by atoms with Crippen LogP contribution in [0.4, 0.5) is 13.6 Å². The van der Waals surface area contributed by atoms with Gasteiger partial charge in [-0.15, -0.1) is 0 Å². The number of ether oxygens (including phenoxy) is 1. The highest BCUT2D eigenvalue weighted by atomic mass is 19.1. The second-order valence-electron chi connectivity index (χ2n) is 12.7. The summed E-state index contributed by atoms with van der Waals surface area (Å²) in [6.07, 6.45) is 2.46. The highest BCUT2D eigenvalue weighted by Gasteiger charge is 2.44. The van der Waals surface area contributed by atoms with Crippen LogP contribution in [0, 0.1) is 11.6 Å². The van der Waals surface area contributed by atoms with Crippen LogP contribution >= 0.6 is 0 Å². The number of nitrogens with zero attached hydrogens (tertiary/aromatic N) is 7. The molecule has 242 valence electrons. The lowest BCUT2D eigenvalue weighted by molar-refractivity contribution is -0.0176. The summed E-state index contributed by atoms with van der Waals surface area (Å²) in [5.74, 6) is -0.240. The average molecular weight is 639 g/mol. The van der Waals surface area contributed by atoms with Crippen molar-refractivity contribution in [2.75, 3.05) is 0 Å². The van der Waals surface area contributed by atoms with Crippen molar-refractivity contribution in [2.24, 2.45) is 19.8 Å². The average Bonchev–Trinajstić information content (AvgIpc) is 3.54. The summed E-state index contributed by atoms with van der Waals surface area (Å²) in [5.41, 5.74) is 8.03. The molecule has 4 heterocycles. The van der Waals surface area contributed by atoms with E-state index >= 15 is 8.78 Å². The first-order valence-corrected chi connectivity index (χ1v) is 15.1.